The standard InChI is InChI=1S/C20H24N2O5S2/c1-15-9-11-17(12-10-15)29(26,27)22-13-4-3-8-19(22)20(23)21-16-6-5-7-18(14-16)28(2,24)25/h5-7,9-12,14,19H,3-4,8,13H2,1-2H3,(H,21,23)/t19-/m1/s1. The summed E-state index contributed by atoms with van der Waals surface area (Å²) < 4.78 is 51.0. The average molecular weight is 437 g/mol. The van der Waals surface area contributed by atoms with Crippen LogP contribution in [0.3, 0.4) is 0 Å². The number of rotatable bonds is 5. The van der Waals surface area contributed by atoms with E-state index < -0.39 is 31.8 Å². The number of nitrogens with zero attached hydrogens (tertiary/aromatic N) is 1. The van der Waals surface area contributed by atoms with Crippen molar-refractivity contribution in [1.29, 1.82) is 0 Å². The predicted molar refractivity (Wildman–Crippen MR) is 111 cm³/mol. The first-order valence-corrected chi connectivity index (χ1v) is 12.6. The second-order valence-electron chi connectivity index (χ2n) is 7.23. The van der Waals surface area contributed by atoms with Crippen molar-refractivity contribution in [2.24, 2.45) is 0 Å². The summed E-state index contributed by atoms with van der Waals surface area (Å²) in [6.45, 7) is 2.13. The molecule has 1 aliphatic rings. The normalized spacial score (nSPS) is 18.3. The highest BCUT2D eigenvalue weighted by molar-refractivity contribution is 7.90. The van der Waals surface area contributed by atoms with Gasteiger partial charge in [0.25, 0.3) is 0 Å². The monoisotopic (exact) mass is 436 g/mol. The fourth-order valence-corrected chi connectivity index (χ4v) is 5.65. The van der Waals surface area contributed by atoms with Crippen LogP contribution in [0.15, 0.2) is 58.3 Å². The number of carbonyl (C=O) groups excluding carboxylic acids is 1. The summed E-state index contributed by atoms with van der Waals surface area (Å²) in [7, 11) is -7.24. The minimum absolute atomic E-state index is 0.0862. The van der Waals surface area contributed by atoms with Crippen LogP contribution in [0.5, 0.6) is 0 Å². The van der Waals surface area contributed by atoms with E-state index in [2.05, 4.69) is 5.32 Å². The van der Waals surface area contributed by atoms with E-state index in [-0.39, 0.29) is 16.3 Å². The van der Waals surface area contributed by atoms with Gasteiger partial charge in [0.15, 0.2) is 9.84 Å². The SMILES string of the molecule is Cc1ccc(S(=O)(=O)N2CCCC[C@@H]2C(=O)Nc2cccc(S(C)(=O)=O)c2)cc1. The number of anilines is 1. The fraction of sp³-hybridized carbons (Fsp3) is 0.350. The van der Waals surface area contributed by atoms with Crippen LogP contribution in [0.4, 0.5) is 5.69 Å². The Hall–Kier alpha value is -2.23. The molecule has 2 aromatic rings. The van der Waals surface area contributed by atoms with Crippen LogP contribution in [0.1, 0.15) is 24.8 Å². The van der Waals surface area contributed by atoms with Gasteiger partial charge < -0.3 is 5.32 Å². The maximum absolute atomic E-state index is 13.1. The Labute approximate surface area is 171 Å². The summed E-state index contributed by atoms with van der Waals surface area (Å²) in [6.07, 6.45) is 2.91. The third-order valence-electron chi connectivity index (χ3n) is 4.91. The van der Waals surface area contributed by atoms with Crippen LogP contribution in [0.2, 0.25) is 0 Å². The number of amides is 1. The molecule has 0 bridgehead atoms. The number of nitrogens with one attached hydrogen (secondary N) is 1. The second-order valence-corrected chi connectivity index (χ2v) is 11.1. The number of carbonyl (C=O) groups is 1. The molecule has 1 amide bonds. The third-order valence-corrected chi connectivity index (χ3v) is 7.95. The highest BCUT2D eigenvalue weighted by Gasteiger charge is 2.37. The molecular formula is C20H24N2O5S2. The number of piperidine rings is 1. The van der Waals surface area contributed by atoms with Gasteiger partial charge in [-0.05, 0) is 50.1 Å². The molecule has 1 heterocycles. The van der Waals surface area contributed by atoms with Crippen molar-refractivity contribution in [2.75, 3.05) is 18.1 Å². The van der Waals surface area contributed by atoms with Crippen molar-refractivity contribution in [3.8, 4) is 0 Å². The van der Waals surface area contributed by atoms with Crippen LogP contribution < -0.4 is 5.32 Å². The smallest absolute Gasteiger partial charge is 0.243 e. The van der Waals surface area contributed by atoms with E-state index in [1.165, 1.54) is 22.5 Å². The predicted octanol–water partition coefficient (Wildman–Crippen LogP) is 2.58. The van der Waals surface area contributed by atoms with E-state index in [0.29, 0.717) is 18.5 Å². The first kappa shape index (κ1) is 21.5. The molecule has 29 heavy (non-hydrogen) atoms. The summed E-state index contributed by atoms with van der Waals surface area (Å²) in [5.74, 6) is -0.467. The molecule has 2 aromatic carbocycles. The van der Waals surface area contributed by atoms with Crippen LogP contribution in [0.25, 0.3) is 0 Å². The topological polar surface area (TPSA) is 101 Å². The lowest BCUT2D eigenvalue weighted by atomic mass is 10.0. The summed E-state index contributed by atoms with van der Waals surface area (Å²) in [5.41, 5.74) is 1.26. The molecule has 0 aliphatic carbocycles. The summed E-state index contributed by atoms with van der Waals surface area (Å²) >= 11 is 0. The lowest BCUT2D eigenvalue weighted by molar-refractivity contribution is -0.120. The highest BCUT2D eigenvalue weighted by atomic mass is 32.2. The van der Waals surface area contributed by atoms with Gasteiger partial charge in [0.05, 0.1) is 9.79 Å². The van der Waals surface area contributed by atoms with Crippen LogP contribution in [-0.2, 0) is 24.7 Å². The molecule has 1 saturated heterocycles. The molecule has 7 nitrogen and oxygen atoms in total. The van der Waals surface area contributed by atoms with Gasteiger partial charge in [0.1, 0.15) is 6.04 Å². The van der Waals surface area contributed by atoms with Gasteiger partial charge in [-0.2, -0.15) is 4.31 Å². The lowest BCUT2D eigenvalue weighted by Crippen LogP contribution is -2.49. The van der Waals surface area contributed by atoms with Gasteiger partial charge in [0.2, 0.25) is 15.9 Å². The molecule has 1 N–H and O–H groups in total. The first-order valence-electron chi connectivity index (χ1n) is 9.28. The van der Waals surface area contributed by atoms with Crippen molar-refractivity contribution in [2.45, 2.75) is 42.0 Å². The maximum Gasteiger partial charge on any atom is 0.243 e. The van der Waals surface area contributed by atoms with Gasteiger partial charge >= 0.3 is 0 Å². The van der Waals surface area contributed by atoms with E-state index in [4.69, 9.17) is 0 Å². The van der Waals surface area contributed by atoms with Gasteiger partial charge in [-0.3, -0.25) is 4.79 Å². The summed E-state index contributed by atoms with van der Waals surface area (Å²) in [4.78, 5) is 13.1. The number of sulfonamides is 1. The van der Waals surface area contributed by atoms with Gasteiger partial charge in [0, 0.05) is 18.5 Å². The number of sulfone groups is 1. The molecule has 0 radical (unpaired) electrons. The zero-order valence-electron chi connectivity index (χ0n) is 16.3. The molecule has 0 saturated carbocycles. The Bertz CT molecular complexity index is 1110. The van der Waals surface area contributed by atoms with Crippen molar-refractivity contribution >= 4 is 31.5 Å². The van der Waals surface area contributed by atoms with Crippen LogP contribution >= 0.6 is 0 Å². The summed E-state index contributed by atoms with van der Waals surface area (Å²) in [6, 6.07) is 11.6. The Morgan fingerprint density at radius 3 is 2.34 bits per heavy atom. The number of benzene rings is 2. The number of hydrogen-bond donors (Lipinski definition) is 1. The Kier molecular flexibility index (Phi) is 6.11. The van der Waals surface area contributed by atoms with Gasteiger partial charge in [-0.1, -0.05) is 30.2 Å². The first-order chi connectivity index (χ1) is 13.6. The molecule has 0 unspecified atom stereocenters. The molecule has 0 spiro atoms. The van der Waals surface area contributed by atoms with Gasteiger partial charge in [-0.15, -0.1) is 0 Å². The van der Waals surface area contributed by atoms with Crippen LogP contribution in [-0.4, -0.2) is 45.9 Å². The molecule has 0 aromatic heterocycles. The molecule has 1 fully saturated rings. The van der Waals surface area contributed by atoms with Crippen LogP contribution in [0, 0.1) is 6.92 Å². The van der Waals surface area contributed by atoms with E-state index in [0.717, 1.165) is 18.2 Å². The Morgan fingerprint density at radius 1 is 1.00 bits per heavy atom. The second kappa shape index (κ2) is 8.25. The zero-order valence-corrected chi connectivity index (χ0v) is 18.0. The molecule has 3 rings (SSSR count). The Balaban J connectivity index is 1.86. The van der Waals surface area contributed by atoms with Crippen molar-refractivity contribution in [1.82, 2.24) is 4.31 Å². The number of hydrogen-bond acceptors (Lipinski definition) is 5. The Morgan fingerprint density at radius 2 is 1.69 bits per heavy atom. The molecule has 9 heteroatoms. The minimum Gasteiger partial charge on any atom is -0.325 e. The molecule has 1 atom stereocenters. The van der Waals surface area contributed by atoms with E-state index in [1.807, 2.05) is 6.92 Å². The average Bonchev–Trinajstić information content (AvgIpc) is 2.68. The van der Waals surface area contributed by atoms with Crippen molar-refractivity contribution < 1.29 is 21.6 Å². The maximum atomic E-state index is 13.1. The largest absolute Gasteiger partial charge is 0.325 e. The van der Waals surface area contributed by atoms with E-state index in [9.17, 15) is 21.6 Å². The molecular weight excluding hydrogens is 412 g/mol. The van der Waals surface area contributed by atoms with Gasteiger partial charge in [-0.25, -0.2) is 16.8 Å². The quantitative estimate of drug-likeness (QED) is 0.776. The third kappa shape index (κ3) is 4.85. The zero-order chi connectivity index (χ0) is 21.2. The molecule has 1 aliphatic heterocycles. The minimum atomic E-state index is -3.82. The fourth-order valence-electron chi connectivity index (χ4n) is 3.33. The van der Waals surface area contributed by atoms with Crippen molar-refractivity contribution in [3.05, 3.63) is 54.1 Å². The highest BCUT2D eigenvalue weighted by Crippen LogP contribution is 2.27. The van der Waals surface area contributed by atoms with Crippen molar-refractivity contribution in [3.63, 3.8) is 0 Å². The van der Waals surface area contributed by atoms with E-state index in [1.54, 1.807) is 30.3 Å². The number of aryl methyl sites for hydroxylation is 1. The lowest BCUT2D eigenvalue weighted by Gasteiger charge is -2.33. The molecule has 156 valence electrons. The summed E-state index contributed by atoms with van der Waals surface area (Å²) in [5, 5.41) is 2.68. The van der Waals surface area contributed by atoms with E-state index >= 15 is 0 Å².